The summed E-state index contributed by atoms with van der Waals surface area (Å²) in [5, 5.41) is 2.89. The Morgan fingerprint density at radius 2 is 1.81 bits per heavy atom. The molecule has 0 bridgehead atoms. The molecular weight excluding hydrogens is 346 g/mol. The molecule has 1 aliphatic heterocycles. The van der Waals surface area contributed by atoms with E-state index in [1.165, 1.54) is 6.33 Å². The van der Waals surface area contributed by atoms with Gasteiger partial charge in [-0.15, -0.1) is 0 Å². The summed E-state index contributed by atoms with van der Waals surface area (Å²) in [6.45, 7) is 4.10. The zero-order chi connectivity index (χ0) is 19.2. The van der Waals surface area contributed by atoms with E-state index < -0.39 is 0 Å². The van der Waals surface area contributed by atoms with E-state index >= 15 is 0 Å². The van der Waals surface area contributed by atoms with E-state index in [4.69, 9.17) is 9.47 Å². The van der Waals surface area contributed by atoms with E-state index in [1.54, 1.807) is 20.3 Å². The number of rotatable bonds is 6. The molecule has 8 nitrogen and oxygen atoms in total. The van der Waals surface area contributed by atoms with E-state index in [9.17, 15) is 4.79 Å². The second-order valence-electron chi connectivity index (χ2n) is 6.42. The maximum absolute atomic E-state index is 12.5. The van der Waals surface area contributed by atoms with Gasteiger partial charge in [0.05, 0.1) is 14.2 Å². The summed E-state index contributed by atoms with van der Waals surface area (Å²) in [6.07, 6.45) is 1.44. The van der Waals surface area contributed by atoms with E-state index in [2.05, 4.69) is 32.1 Å². The number of piperazine rings is 1. The van der Waals surface area contributed by atoms with Gasteiger partial charge in [-0.1, -0.05) is 6.07 Å². The van der Waals surface area contributed by atoms with Gasteiger partial charge < -0.3 is 24.6 Å². The normalized spacial score (nSPS) is 14.7. The number of benzene rings is 1. The van der Waals surface area contributed by atoms with Gasteiger partial charge in [-0.2, -0.15) is 0 Å². The Hall–Kier alpha value is -2.87. The quantitative estimate of drug-likeness (QED) is 0.817. The summed E-state index contributed by atoms with van der Waals surface area (Å²) in [5.74, 6) is 1.83. The SMILES string of the molecule is COc1ccc(CNC(=O)c2cc(N3CCN(C)CC3)ncn2)cc1OC. The molecule has 1 aliphatic rings. The summed E-state index contributed by atoms with van der Waals surface area (Å²) in [6, 6.07) is 7.29. The smallest absolute Gasteiger partial charge is 0.270 e. The van der Waals surface area contributed by atoms with Gasteiger partial charge in [0.25, 0.3) is 5.91 Å². The molecule has 1 aromatic carbocycles. The molecule has 0 spiro atoms. The lowest BCUT2D eigenvalue weighted by Gasteiger charge is -2.33. The van der Waals surface area contributed by atoms with Crippen LogP contribution < -0.4 is 19.7 Å². The van der Waals surface area contributed by atoms with Crippen LogP contribution in [0.2, 0.25) is 0 Å². The van der Waals surface area contributed by atoms with Crippen LogP contribution in [0.1, 0.15) is 16.1 Å². The first-order chi connectivity index (χ1) is 13.1. The highest BCUT2D eigenvalue weighted by atomic mass is 16.5. The highest BCUT2D eigenvalue weighted by molar-refractivity contribution is 5.92. The number of nitrogens with one attached hydrogen (secondary N) is 1. The molecule has 0 atom stereocenters. The minimum absolute atomic E-state index is 0.234. The molecule has 1 fully saturated rings. The molecule has 0 aliphatic carbocycles. The highest BCUT2D eigenvalue weighted by Gasteiger charge is 2.17. The van der Waals surface area contributed by atoms with Crippen molar-refractivity contribution < 1.29 is 14.3 Å². The van der Waals surface area contributed by atoms with Gasteiger partial charge in [-0.3, -0.25) is 4.79 Å². The average Bonchev–Trinajstić information content (AvgIpc) is 2.72. The number of anilines is 1. The minimum Gasteiger partial charge on any atom is -0.493 e. The van der Waals surface area contributed by atoms with Crippen LogP contribution in [-0.4, -0.2) is 68.2 Å². The largest absolute Gasteiger partial charge is 0.493 e. The van der Waals surface area contributed by atoms with Crippen LogP contribution >= 0.6 is 0 Å². The number of aromatic nitrogens is 2. The number of hydrogen-bond donors (Lipinski definition) is 1. The molecule has 1 N–H and O–H groups in total. The second-order valence-corrected chi connectivity index (χ2v) is 6.42. The molecule has 2 aromatic rings. The molecule has 1 aromatic heterocycles. The van der Waals surface area contributed by atoms with Gasteiger partial charge in [0.2, 0.25) is 0 Å². The zero-order valence-corrected chi connectivity index (χ0v) is 15.9. The first kappa shape index (κ1) is 18.9. The molecule has 0 unspecified atom stereocenters. The third kappa shape index (κ3) is 4.65. The molecule has 0 saturated carbocycles. The fourth-order valence-corrected chi connectivity index (χ4v) is 2.94. The van der Waals surface area contributed by atoms with Crippen molar-refractivity contribution in [2.75, 3.05) is 52.3 Å². The Bertz CT molecular complexity index is 791. The van der Waals surface area contributed by atoms with Crippen molar-refractivity contribution in [3.8, 4) is 11.5 Å². The van der Waals surface area contributed by atoms with Crippen LogP contribution in [-0.2, 0) is 6.54 Å². The van der Waals surface area contributed by atoms with Crippen LogP contribution in [0, 0.1) is 0 Å². The Labute approximate surface area is 159 Å². The first-order valence-electron chi connectivity index (χ1n) is 8.85. The van der Waals surface area contributed by atoms with Gasteiger partial charge >= 0.3 is 0 Å². The maximum atomic E-state index is 12.5. The predicted molar refractivity (Wildman–Crippen MR) is 102 cm³/mol. The van der Waals surface area contributed by atoms with E-state index in [0.29, 0.717) is 23.7 Å². The Kier molecular flexibility index (Phi) is 6.08. The van der Waals surface area contributed by atoms with Crippen molar-refractivity contribution in [3.05, 3.63) is 41.9 Å². The van der Waals surface area contributed by atoms with Crippen molar-refractivity contribution in [2.45, 2.75) is 6.54 Å². The van der Waals surface area contributed by atoms with Gasteiger partial charge in [0.1, 0.15) is 17.8 Å². The van der Waals surface area contributed by atoms with Crippen LogP contribution in [0.25, 0.3) is 0 Å². The predicted octanol–water partition coefficient (Wildman–Crippen LogP) is 1.18. The van der Waals surface area contributed by atoms with Crippen LogP contribution in [0.5, 0.6) is 11.5 Å². The second kappa shape index (κ2) is 8.68. The van der Waals surface area contributed by atoms with Gasteiger partial charge in [-0.25, -0.2) is 9.97 Å². The fraction of sp³-hybridized carbons (Fsp3) is 0.421. The molecule has 2 heterocycles. The van der Waals surface area contributed by atoms with Crippen molar-refractivity contribution in [1.82, 2.24) is 20.2 Å². The summed E-state index contributed by atoms with van der Waals surface area (Å²) < 4.78 is 10.5. The van der Waals surface area contributed by atoms with E-state index in [0.717, 1.165) is 37.6 Å². The molecule has 27 heavy (non-hydrogen) atoms. The average molecular weight is 371 g/mol. The summed E-state index contributed by atoms with van der Waals surface area (Å²) in [7, 11) is 5.28. The zero-order valence-electron chi connectivity index (χ0n) is 15.9. The van der Waals surface area contributed by atoms with Crippen LogP contribution in [0.3, 0.4) is 0 Å². The highest BCUT2D eigenvalue weighted by Crippen LogP contribution is 2.27. The van der Waals surface area contributed by atoms with Gasteiger partial charge in [0, 0.05) is 38.8 Å². The van der Waals surface area contributed by atoms with E-state index in [1.807, 2.05) is 18.2 Å². The standard InChI is InChI=1S/C19H25N5O3/c1-23-6-8-24(9-7-23)18-11-15(21-13-22-18)19(25)20-12-14-4-5-16(26-2)17(10-14)27-3/h4-5,10-11,13H,6-9,12H2,1-3H3,(H,20,25). The lowest BCUT2D eigenvalue weighted by molar-refractivity contribution is 0.0945. The van der Waals surface area contributed by atoms with Gasteiger partial charge in [0.15, 0.2) is 11.5 Å². The first-order valence-corrected chi connectivity index (χ1v) is 8.85. The third-order valence-corrected chi connectivity index (χ3v) is 4.61. The molecule has 8 heteroatoms. The number of methoxy groups -OCH3 is 2. The van der Waals surface area contributed by atoms with Gasteiger partial charge in [-0.05, 0) is 24.7 Å². The number of carbonyl (C=O) groups is 1. The molecule has 144 valence electrons. The Morgan fingerprint density at radius 3 is 2.52 bits per heavy atom. The lowest BCUT2D eigenvalue weighted by Crippen LogP contribution is -2.44. The summed E-state index contributed by atoms with van der Waals surface area (Å²) in [5.41, 5.74) is 1.27. The van der Waals surface area contributed by atoms with Crippen molar-refractivity contribution in [3.63, 3.8) is 0 Å². The van der Waals surface area contributed by atoms with E-state index in [-0.39, 0.29) is 5.91 Å². The number of nitrogens with zero attached hydrogens (tertiary/aromatic N) is 4. The lowest BCUT2D eigenvalue weighted by atomic mass is 10.2. The van der Waals surface area contributed by atoms with Crippen molar-refractivity contribution in [2.24, 2.45) is 0 Å². The van der Waals surface area contributed by atoms with Crippen molar-refractivity contribution in [1.29, 1.82) is 0 Å². The number of hydrogen-bond acceptors (Lipinski definition) is 7. The summed E-state index contributed by atoms with van der Waals surface area (Å²) in [4.78, 5) is 25.4. The number of likely N-dealkylation sites (N-methyl/N-ethyl adjacent to an activating group) is 1. The number of carbonyl (C=O) groups excluding carboxylic acids is 1. The third-order valence-electron chi connectivity index (χ3n) is 4.61. The molecule has 0 radical (unpaired) electrons. The Morgan fingerprint density at radius 1 is 1.07 bits per heavy atom. The Balaban J connectivity index is 1.64. The number of ether oxygens (including phenoxy) is 2. The minimum atomic E-state index is -0.234. The molecule has 3 rings (SSSR count). The molecule has 1 amide bonds. The van der Waals surface area contributed by atoms with Crippen LogP contribution in [0.15, 0.2) is 30.6 Å². The summed E-state index contributed by atoms with van der Waals surface area (Å²) >= 11 is 0. The molecule has 1 saturated heterocycles. The van der Waals surface area contributed by atoms with Crippen molar-refractivity contribution >= 4 is 11.7 Å². The monoisotopic (exact) mass is 371 g/mol. The molecular formula is C19H25N5O3. The fourth-order valence-electron chi connectivity index (χ4n) is 2.94. The van der Waals surface area contributed by atoms with Crippen LogP contribution in [0.4, 0.5) is 5.82 Å². The number of amides is 1. The topological polar surface area (TPSA) is 79.8 Å². The maximum Gasteiger partial charge on any atom is 0.270 e.